The molecule has 0 unspecified atom stereocenters. The molecule has 3 atom stereocenters. The maximum atomic E-state index is 12.7. The Balaban J connectivity index is 1.46. The van der Waals surface area contributed by atoms with E-state index < -0.39 is 0 Å². The van der Waals surface area contributed by atoms with E-state index in [-0.39, 0.29) is 18.1 Å². The van der Waals surface area contributed by atoms with E-state index in [1.165, 1.54) is 0 Å². The van der Waals surface area contributed by atoms with Gasteiger partial charge in [0.2, 0.25) is 11.9 Å². The molecule has 0 saturated carbocycles. The minimum atomic E-state index is -0.0173. The van der Waals surface area contributed by atoms with Gasteiger partial charge in [0, 0.05) is 38.6 Å². The van der Waals surface area contributed by atoms with Crippen LogP contribution in [0.25, 0.3) is 0 Å². The summed E-state index contributed by atoms with van der Waals surface area (Å²) in [5.41, 5.74) is 1.15. The van der Waals surface area contributed by atoms with Gasteiger partial charge in [-0.15, -0.1) is 0 Å². The molecular weight excluding hydrogens is 292 g/mol. The molecule has 4 heterocycles. The third-order valence-corrected chi connectivity index (χ3v) is 5.27. The van der Waals surface area contributed by atoms with Crippen LogP contribution >= 0.6 is 0 Å². The van der Waals surface area contributed by atoms with Crippen molar-refractivity contribution in [2.24, 2.45) is 5.92 Å². The number of morpholine rings is 1. The summed E-state index contributed by atoms with van der Waals surface area (Å²) in [6.07, 6.45) is 7.95. The zero-order valence-electron chi connectivity index (χ0n) is 13.6. The van der Waals surface area contributed by atoms with E-state index in [0.29, 0.717) is 12.5 Å². The Hall–Kier alpha value is -1.69. The van der Waals surface area contributed by atoms with Gasteiger partial charge >= 0.3 is 0 Å². The number of nitrogens with zero attached hydrogens (tertiary/aromatic N) is 4. The summed E-state index contributed by atoms with van der Waals surface area (Å²) >= 11 is 0. The number of fused-ring (bicyclic) bond motifs is 2. The van der Waals surface area contributed by atoms with Crippen LogP contribution < -0.4 is 4.90 Å². The van der Waals surface area contributed by atoms with Gasteiger partial charge < -0.3 is 14.5 Å². The smallest absolute Gasteiger partial charge is 0.228 e. The molecule has 0 aliphatic carbocycles. The number of carbonyl (C=O) groups excluding carboxylic acids is 1. The van der Waals surface area contributed by atoms with Crippen molar-refractivity contribution in [1.82, 2.24) is 14.9 Å². The SMILES string of the molecule is CCc1cnc(N2C[C@H]3C[C@H](C(=O)N4CCCC4)[C@@H](C2)O3)nc1. The molecule has 3 fully saturated rings. The number of likely N-dealkylation sites (tertiary alicyclic amines) is 1. The zero-order valence-corrected chi connectivity index (χ0v) is 13.6. The molecule has 0 N–H and O–H groups in total. The van der Waals surface area contributed by atoms with Crippen LogP contribution in [0.4, 0.5) is 5.95 Å². The highest BCUT2D eigenvalue weighted by atomic mass is 16.5. The van der Waals surface area contributed by atoms with Crippen molar-refractivity contribution in [1.29, 1.82) is 0 Å². The fourth-order valence-electron chi connectivity index (χ4n) is 3.95. The Bertz CT molecular complexity index is 570. The largest absolute Gasteiger partial charge is 0.370 e. The summed E-state index contributed by atoms with van der Waals surface area (Å²) < 4.78 is 6.04. The molecule has 0 aromatic carbocycles. The van der Waals surface area contributed by atoms with Gasteiger partial charge in [-0.3, -0.25) is 4.79 Å². The van der Waals surface area contributed by atoms with Gasteiger partial charge in [-0.05, 0) is 31.2 Å². The van der Waals surface area contributed by atoms with Crippen LogP contribution in [0.3, 0.4) is 0 Å². The lowest BCUT2D eigenvalue weighted by atomic mass is 9.99. The number of carbonyl (C=O) groups is 1. The van der Waals surface area contributed by atoms with Gasteiger partial charge in [-0.2, -0.15) is 0 Å². The maximum absolute atomic E-state index is 12.7. The second-order valence-electron chi connectivity index (χ2n) is 6.82. The number of aromatic nitrogens is 2. The highest BCUT2D eigenvalue weighted by molar-refractivity contribution is 5.80. The minimum absolute atomic E-state index is 0.0121. The van der Waals surface area contributed by atoms with Gasteiger partial charge in [-0.1, -0.05) is 6.92 Å². The molecular formula is C17H24N4O2. The van der Waals surface area contributed by atoms with Gasteiger partial charge in [-0.25, -0.2) is 9.97 Å². The van der Waals surface area contributed by atoms with E-state index in [2.05, 4.69) is 21.8 Å². The van der Waals surface area contributed by atoms with Crippen molar-refractivity contribution in [2.75, 3.05) is 31.1 Å². The number of hydrogen-bond donors (Lipinski definition) is 0. The number of anilines is 1. The molecule has 3 saturated heterocycles. The third-order valence-electron chi connectivity index (χ3n) is 5.27. The van der Waals surface area contributed by atoms with Crippen LogP contribution in [-0.4, -0.2) is 59.2 Å². The Labute approximate surface area is 136 Å². The molecule has 4 rings (SSSR count). The quantitative estimate of drug-likeness (QED) is 0.840. The van der Waals surface area contributed by atoms with Crippen molar-refractivity contribution >= 4 is 11.9 Å². The lowest BCUT2D eigenvalue weighted by molar-refractivity contribution is -0.136. The molecule has 0 spiro atoms. The van der Waals surface area contributed by atoms with E-state index in [9.17, 15) is 4.79 Å². The second-order valence-corrected chi connectivity index (χ2v) is 6.82. The average molecular weight is 316 g/mol. The predicted molar refractivity (Wildman–Crippen MR) is 86.2 cm³/mol. The lowest BCUT2D eigenvalue weighted by Crippen LogP contribution is -2.46. The number of rotatable bonds is 3. The number of aryl methyl sites for hydroxylation is 1. The van der Waals surface area contributed by atoms with E-state index >= 15 is 0 Å². The topological polar surface area (TPSA) is 58.6 Å². The highest BCUT2D eigenvalue weighted by Gasteiger charge is 2.46. The molecule has 3 aliphatic rings. The van der Waals surface area contributed by atoms with Gasteiger partial charge in [0.05, 0.1) is 18.1 Å². The maximum Gasteiger partial charge on any atom is 0.228 e. The molecule has 124 valence electrons. The standard InChI is InChI=1S/C17H24N4O2/c1-2-12-8-18-17(19-9-12)21-10-13-7-14(15(11-21)23-13)16(22)20-5-3-4-6-20/h8-9,13-15H,2-7,10-11H2,1H3/t13-,14+,15-/m1/s1. The molecule has 3 aliphatic heterocycles. The first-order valence-electron chi connectivity index (χ1n) is 8.74. The Morgan fingerprint density at radius 1 is 1.26 bits per heavy atom. The number of ether oxygens (including phenoxy) is 1. The van der Waals surface area contributed by atoms with Gasteiger partial charge in [0.15, 0.2) is 0 Å². The van der Waals surface area contributed by atoms with Crippen molar-refractivity contribution in [3.63, 3.8) is 0 Å². The fraction of sp³-hybridized carbons (Fsp3) is 0.706. The zero-order chi connectivity index (χ0) is 15.8. The molecule has 1 aromatic rings. The number of amides is 1. The Morgan fingerprint density at radius 3 is 2.70 bits per heavy atom. The molecule has 1 amide bonds. The first kappa shape index (κ1) is 14.9. The van der Waals surface area contributed by atoms with E-state index in [1.54, 1.807) is 0 Å². The Morgan fingerprint density at radius 2 is 2.00 bits per heavy atom. The molecule has 0 radical (unpaired) electrons. The second kappa shape index (κ2) is 6.07. The normalized spacial score (nSPS) is 30.0. The van der Waals surface area contributed by atoms with Crippen LogP contribution in [0.5, 0.6) is 0 Å². The van der Waals surface area contributed by atoms with E-state index in [0.717, 1.165) is 56.8 Å². The highest BCUT2D eigenvalue weighted by Crippen LogP contribution is 2.34. The Kier molecular flexibility index (Phi) is 3.93. The van der Waals surface area contributed by atoms with Crippen LogP contribution in [0, 0.1) is 5.92 Å². The van der Waals surface area contributed by atoms with Crippen molar-refractivity contribution < 1.29 is 9.53 Å². The molecule has 2 bridgehead atoms. The molecule has 6 nitrogen and oxygen atoms in total. The van der Waals surface area contributed by atoms with Crippen molar-refractivity contribution in [3.05, 3.63) is 18.0 Å². The lowest BCUT2D eigenvalue weighted by Gasteiger charge is -2.33. The summed E-state index contributed by atoms with van der Waals surface area (Å²) in [6.45, 7) is 5.43. The molecule has 23 heavy (non-hydrogen) atoms. The monoisotopic (exact) mass is 316 g/mol. The van der Waals surface area contributed by atoms with Crippen LogP contribution in [0.15, 0.2) is 12.4 Å². The van der Waals surface area contributed by atoms with Crippen LogP contribution in [0.1, 0.15) is 31.7 Å². The summed E-state index contributed by atoms with van der Waals surface area (Å²) in [4.78, 5) is 25.9. The first-order valence-corrected chi connectivity index (χ1v) is 8.74. The van der Waals surface area contributed by atoms with Gasteiger partial charge in [0.1, 0.15) is 0 Å². The van der Waals surface area contributed by atoms with Crippen LogP contribution in [-0.2, 0) is 16.0 Å². The summed E-state index contributed by atoms with van der Waals surface area (Å²) in [6, 6.07) is 0. The number of hydrogen-bond acceptors (Lipinski definition) is 5. The summed E-state index contributed by atoms with van der Waals surface area (Å²) in [5, 5.41) is 0. The third kappa shape index (κ3) is 2.80. The van der Waals surface area contributed by atoms with E-state index in [1.807, 2.05) is 17.3 Å². The summed E-state index contributed by atoms with van der Waals surface area (Å²) in [5.74, 6) is 1.06. The van der Waals surface area contributed by atoms with Crippen molar-refractivity contribution in [3.8, 4) is 0 Å². The first-order chi connectivity index (χ1) is 11.2. The average Bonchev–Trinajstić information content (AvgIpc) is 3.22. The van der Waals surface area contributed by atoms with E-state index in [4.69, 9.17) is 4.74 Å². The minimum Gasteiger partial charge on any atom is -0.370 e. The molecule has 6 heteroatoms. The van der Waals surface area contributed by atoms with Gasteiger partial charge in [0.25, 0.3) is 0 Å². The van der Waals surface area contributed by atoms with Crippen molar-refractivity contribution in [2.45, 2.75) is 44.8 Å². The predicted octanol–water partition coefficient (Wildman–Crippen LogP) is 1.26. The fourth-order valence-corrected chi connectivity index (χ4v) is 3.95. The molecule has 1 aromatic heterocycles. The van der Waals surface area contributed by atoms with Crippen LogP contribution in [0.2, 0.25) is 0 Å². The summed E-state index contributed by atoms with van der Waals surface area (Å²) in [7, 11) is 0.